The van der Waals surface area contributed by atoms with Crippen LogP contribution in [0.15, 0.2) is 43.0 Å². The average Bonchev–Trinajstić information content (AvgIpc) is 3.06. The van der Waals surface area contributed by atoms with Crippen LogP contribution in [0, 0.1) is 5.41 Å². The lowest BCUT2D eigenvalue weighted by atomic mass is 9.73. The van der Waals surface area contributed by atoms with Crippen LogP contribution in [0.5, 0.6) is 0 Å². The van der Waals surface area contributed by atoms with Gasteiger partial charge in [-0.1, -0.05) is 52.1 Å². The van der Waals surface area contributed by atoms with Crippen molar-refractivity contribution in [3.8, 4) is 5.69 Å². The highest BCUT2D eigenvalue weighted by Gasteiger charge is 2.37. The second-order valence-corrected chi connectivity index (χ2v) is 7.69. The van der Waals surface area contributed by atoms with Gasteiger partial charge in [0.1, 0.15) is 23.6 Å². The maximum absolute atomic E-state index is 5.99. The fraction of sp³-hybridized carbons (Fsp3) is 0.550. The molecule has 2 aromatic rings. The van der Waals surface area contributed by atoms with Crippen LogP contribution in [-0.2, 0) is 5.54 Å². The van der Waals surface area contributed by atoms with Gasteiger partial charge in [-0.15, -0.1) is 0 Å². The highest BCUT2D eigenvalue weighted by Crippen LogP contribution is 2.37. The van der Waals surface area contributed by atoms with E-state index < -0.39 is 0 Å². The lowest BCUT2D eigenvalue weighted by molar-refractivity contribution is -0.764. The van der Waals surface area contributed by atoms with Crippen molar-refractivity contribution >= 4 is 11.6 Å². The Labute approximate surface area is 146 Å². The fourth-order valence-corrected chi connectivity index (χ4v) is 3.38. The SMILES string of the molecule is CCC(C)(CC)CC(C)(CC)[n+]1ccn(-c2ccc(Cl)cc2)c1. The van der Waals surface area contributed by atoms with Crippen LogP contribution in [-0.4, -0.2) is 4.57 Å². The van der Waals surface area contributed by atoms with Gasteiger partial charge in [0.15, 0.2) is 0 Å². The minimum absolute atomic E-state index is 0.137. The van der Waals surface area contributed by atoms with E-state index in [2.05, 4.69) is 74.6 Å². The third-order valence-corrected chi connectivity index (χ3v) is 5.91. The lowest BCUT2D eigenvalue weighted by Crippen LogP contribution is -2.54. The number of hydrogen-bond acceptors (Lipinski definition) is 0. The molecule has 2 rings (SSSR count). The fourth-order valence-electron chi connectivity index (χ4n) is 3.26. The predicted octanol–water partition coefficient (Wildman–Crippen LogP) is 5.76. The summed E-state index contributed by atoms with van der Waals surface area (Å²) in [6, 6.07) is 7.98. The second kappa shape index (κ2) is 7.09. The summed E-state index contributed by atoms with van der Waals surface area (Å²) >= 11 is 5.99. The van der Waals surface area contributed by atoms with Crippen molar-refractivity contribution in [3.63, 3.8) is 0 Å². The normalized spacial score (nSPS) is 14.7. The zero-order valence-corrected chi connectivity index (χ0v) is 15.9. The van der Waals surface area contributed by atoms with Crippen molar-refractivity contribution in [2.24, 2.45) is 5.41 Å². The van der Waals surface area contributed by atoms with Crippen molar-refractivity contribution in [3.05, 3.63) is 48.0 Å². The molecule has 0 fully saturated rings. The molecule has 1 unspecified atom stereocenters. The molecule has 3 heteroatoms. The molecule has 0 saturated heterocycles. The Morgan fingerprint density at radius 2 is 1.61 bits per heavy atom. The molecule has 0 aliphatic carbocycles. The average molecular weight is 334 g/mol. The third kappa shape index (κ3) is 3.98. The molecular weight excluding hydrogens is 304 g/mol. The van der Waals surface area contributed by atoms with Crippen LogP contribution in [0.4, 0.5) is 0 Å². The molecular formula is C20H30ClN2+. The summed E-state index contributed by atoms with van der Waals surface area (Å²) in [5.41, 5.74) is 1.67. The van der Waals surface area contributed by atoms with E-state index in [1.807, 2.05) is 12.1 Å². The maximum atomic E-state index is 5.99. The first-order valence-corrected chi connectivity index (χ1v) is 9.09. The summed E-state index contributed by atoms with van der Waals surface area (Å²) < 4.78 is 4.55. The predicted molar refractivity (Wildman–Crippen MR) is 98.2 cm³/mol. The summed E-state index contributed by atoms with van der Waals surface area (Å²) in [5.74, 6) is 0. The number of nitrogens with zero attached hydrogens (tertiary/aromatic N) is 2. The van der Waals surface area contributed by atoms with Crippen LogP contribution in [0.25, 0.3) is 5.69 Å². The van der Waals surface area contributed by atoms with E-state index in [9.17, 15) is 0 Å². The van der Waals surface area contributed by atoms with Gasteiger partial charge in [0, 0.05) is 5.02 Å². The van der Waals surface area contributed by atoms with E-state index in [0.29, 0.717) is 5.41 Å². The minimum Gasteiger partial charge on any atom is -0.231 e. The van der Waals surface area contributed by atoms with E-state index in [4.69, 9.17) is 11.6 Å². The van der Waals surface area contributed by atoms with Crippen molar-refractivity contribution in [2.45, 2.75) is 65.8 Å². The highest BCUT2D eigenvalue weighted by molar-refractivity contribution is 6.30. The topological polar surface area (TPSA) is 8.81 Å². The Kier molecular flexibility index (Phi) is 5.57. The monoisotopic (exact) mass is 333 g/mol. The van der Waals surface area contributed by atoms with Crippen LogP contribution in [0.1, 0.15) is 60.3 Å². The van der Waals surface area contributed by atoms with E-state index >= 15 is 0 Å². The lowest BCUT2D eigenvalue weighted by Gasteiger charge is -2.36. The van der Waals surface area contributed by atoms with Gasteiger partial charge in [0.2, 0.25) is 6.33 Å². The van der Waals surface area contributed by atoms with Gasteiger partial charge >= 0.3 is 0 Å². The Balaban J connectivity index is 2.30. The Morgan fingerprint density at radius 3 is 2.13 bits per heavy atom. The van der Waals surface area contributed by atoms with Gasteiger partial charge in [0.25, 0.3) is 0 Å². The molecule has 0 amide bonds. The summed E-state index contributed by atoms with van der Waals surface area (Å²) in [6.07, 6.45) is 11.3. The summed E-state index contributed by atoms with van der Waals surface area (Å²) in [7, 11) is 0. The number of halogens is 1. The summed E-state index contributed by atoms with van der Waals surface area (Å²) in [5, 5.41) is 0.772. The molecule has 1 aromatic heterocycles. The van der Waals surface area contributed by atoms with Gasteiger partial charge in [-0.25, -0.2) is 9.13 Å². The smallest absolute Gasteiger partial charge is 0.231 e. The van der Waals surface area contributed by atoms with Crippen molar-refractivity contribution < 1.29 is 4.57 Å². The number of hydrogen-bond donors (Lipinski definition) is 0. The molecule has 0 saturated carbocycles. The van der Waals surface area contributed by atoms with Crippen molar-refractivity contribution in [2.75, 3.05) is 0 Å². The van der Waals surface area contributed by atoms with Crippen molar-refractivity contribution in [1.82, 2.24) is 4.57 Å². The molecule has 23 heavy (non-hydrogen) atoms. The molecule has 0 radical (unpaired) electrons. The zero-order chi connectivity index (χ0) is 17.1. The van der Waals surface area contributed by atoms with E-state index in [1.165, 1.54) is 19.3 Å². The van der Waals surface area contributed by atoms with Gasteiger partial charge in [-0.05, 0) is 49.4 Å². The zero-order valence-electron chi connectivity index (χ0n) is 15.1. The number of benzene rings is 1. The third-order valence-electron chi connectivity index (χ3n) is 5.66. The molecule has 0 aliphatic rings. The molecule has 0 aliphatic heterocycles. The van der Waals surface area contributed by atoms with Crippen LogP contribution >= 0.6 is 11.6 Å². The van der Waals surface area contributed by atoms with Crippen LogP contribution in [0.3, 0.4) is 0 Å². The highest BCUT2D eigenvalue weighted by atomic mass is 35.5. The first-order valence-electron chi connectivity index (χ1n) is 8.71. The van der Waals surface area contributed by atoms with E-state index in [1.54, 1.807) is 0 Å². The van der Waals surface area contributed by atoms with Crippen LogP contribution < -0.4 is 4.57 Å². The Morgan fingerprint density at radius 1 is 1.00 bits per heavy atom. The van der Waals surface area contributed by atoms with Gasteiger partial charge in [-0.3, -0.25) is 0 Å². The van der Waals surface area contributed by atoms with E-state index in [0.717, 1.165) is 17.1 Å². The van der Waals surface area contributed by atoms with Crippen LogP contribution in [0.2, 0.25) is 5.02 Å². The molecule has 0 N–H and O–H groups in total. The molecule has 1 atom stereocenters. The van der Waals surface area contributed by atoms with E-state index in [-0.39, 0.29) is 5.54 Å². The summed E-state index contributed by atoms with van der Waals surface area (Å²) in [6.45, 7) is 11.7. The Hall–Kier alpha value is -1.28. The minimum atomic E-state index is 0.137. The summed E-state index contributed by atoms with van der Waals surface area (Å²) in [4.78, 5) is 0. The first kappa shape index (κ1) is 18.1. The number of imidazole rings is 1. The van der Waals surface area contributed by atoms with Gasteiger partial charge in [0.05, 0.1) is 0 Å². The molecule has 126 valence electrons. The largest absolute Gasteiger partial charge is 0.249 e. The van der Waals surface area contributed by atoms with Crippen molar-refractivity contribution in [1.29, 1.82) is 0 Å². The quantitative estimate of drug-likeness (QED) is 0.569. The molecule has 0 bridgehead atoms. The molecule has 0 spiro atoms. The standard InChI is InChI=1S/C20H30ClN2/c1-6-19(4,7-2)15-20(5,8-3)23-14-13-22(16-23)18-11-9-17(21)10-12-18/h9-14,16H,6-8,15H2,1-5H3/q+1. The second-order valence-electron chi connectivity index (χ2n) is 7.25. The molecule has 1 aromatic carbocycles. The first-order chi connectivity index (χ1) is 10.9. The molecule has 2 nitrogen and oxygen atoms in total. The maximum Gasteiger partial charge on any atom is 0.249 e. The van der Waals surface area contributed by atoms with Gasteiger partial charge in [-0.2, -0.15) is 0 Å². The number of aromatic nitrogens is 2. The molecule has 1 heterocycles. The number of rotatable bonds is 7. The van der Waals surface area contributed by atoms with Gasteiger partial charge < -0.3 is 0 Å². The Bertz CT molecular complexity index is 625.